The minimum Gasteiger partial charge on any atom is -0.340 e. The molecule has 0 radical (unpaired) electrons. The highest BCUT2D eigenvalue weighted by atomic mass is 19.4. The van der Waals surface area contributed by atoms with E-state index in [1.54, 1.807) is 18.2 Å². The minimum atomic E-state index is -4.47. The van der Waals surface area contributed by atoms with Gasteiger partial charge in [-0.2, -0.15) is 13.2 Å². The highest BCUT2D eigenvalue weighted by Gasteiger charge is 2.39. The second-order valence-electron chi connectivity index (χ2n) is 3.46. The quantitative estimate of drug-likeness (QED) is 0.809. The largest absolute Gasteiger partial charge is 0.408 e. The van der Waals surface area contributed by atoms with Gasteiger partial charge in [-0.05, 0) is 18.6 Å². The van der Waals surface area contributed by atoms with Crippen molar-refractivity contribution in [2.75, 3.05) is 0 Å². The predicted molar refractivity (Wildman–Crippen MR) is 58.6 cm³/mol. The first kappa shape index (κ1) is 13.3. The molecule has 1 atom stereocenters. The number of halogens is 3. The first-order valence-electron chi connectivity index (χ1n) is 4.98. The zero-order chi connectivity index (χ0) is 12.9. The Hall–Kier alpha value is -1.78. The molecule has 1 N–H and O–H groups in total. The topological polar surface area (TPSA) is 29.1 Å². The summed E-state index contributed by atoms with van der Waals surface area (Å²) < 4.78 is 37.6. The molecule has 0 unspecified atom stereocenters. The molecule has 1 aromatic rings. The van der Waals surface area contributed by atoms with Crippen LogP contribution in [0.1, 0.15) is 16.8 Å². The van der Waals surface area contributed by atoms with Crippen LogP contribution in [0.4, 0.5) is 13.2 Å². The maximum Gasteiger partial charge on any atom is 0.408 e. The van der Waals surface area contributed by atoms with E-state index in [9.17, 15) is 18.0 Å². The van der Waals surface area contributed by atoms with E-state index in [2.05, 4.69) is 6.58 Å². The summed E-state index contributed by atoms with van der Waals surface area (Å²) in [6.07, 6.45) is -3.69. The van der Waals surface area contributed by atoms with Gasteiger partial charge in [0.25, 0.3) is 5.91 Å². The lowest BCUT2D eigenvalue weighted by Crippen LogP contribution is -2.45. The molecule has 17 heavy (non-hydrogen) atoms. The molecule has 0 saturated carbocycles. The van der Waals surface area contributed by atoms with Crippen LogP contribution in [0.15, 0.2) is 43.0 Å². The molecule has 0 heterocycles. The predicted octanol–water partition coefficient (Wildman–Crippen LogP) is 2.92. The summed E-state index contributed by atoms with van der Waals surface area (Å²) in [7, 11) is 0. The van der Waals surface area contributed by atoms with Crippen LogP contribution < -0.4 is 5.32 Å². The Morgan fingerprint density at radius 1 is 1.35 bits per heavy atom. The van der Waals surface area contributed by atoms with Gasteiger partial charge in [-0.3, -0.25) is 4.79 Å². The second-order valence-corrected chi connectivity index (χ2v) is 3.46. The van der Waals surface area contributed by atoms with Crippen molar-refractivity contribution in [1.82, 2.24) is 5.32 Å². The highest BCUT2D eigenvalue weighted by Crippen LogP contribution is 2.23. The van der Waals surface area contributed by atoms with Gasteiger partial charge >= 0.3 is 6.18 Å². The van der Waals surface area contributed by atoms with E-state index >= 15 is 0 Å². The lowest BCUT2D eigenvalue weighted by molar-refractivity contribution is -0.152. The SMILES string of the molecule is C=CC[C@@H](NC(=O)c1ccccc1)C(F)(F)F. The van der Waals surface area contributed by atoms with E-state index in [4.69, 9.17) is 0 Å². The average molecular weight is 243 g/mol. The van der Waals surface area contributed by atoms with Crippen molar-refractivity contribution >= 4 is 5.91 Å². The van der Waals surface area contributed by atoms with Gasteiger partial charge in [-0.15, -0.1) is 6.58 Å². The number of hydrogen-bond donors (Lipinski definition) is 1. The molecule has 1 rings (SSSR count). The van der Waals surface area contributed by atoms with Crippen LogP contribution in [0.5, 0.6) is 0 Å². The third-order valence-electron chi connectivity index (χ3n) is 2.14. The Labute approximate surface area is 97.1 Å². The Morgan fingerprint density at radius 3 is 2.41 bits per heavy atom. The Balaban J connectivity index is 2.75. The number of amides is 1. The average Bonchev–Trinajstić information content (AvgIpc) is 2.28. The van der Waals surface area contributed by atoms with Gasteiger partial charge in [0.05, 0.1) is 0 Å². The highest BCUT2D eigenvalue weighted by molar-refractivity contribution is 5.94. The molecule has 1 aromatic carbocycles. The van der Waals surface area contributed by atoms with Crippen molar-refractivity contribution in [3.05, 3.63) is 48.6 Å². The third kappa shape index (κ3) is 3.94. The molecule has 92 valence electrons. The summed E-state index contributed by atoms with van der Waals surface area (Å²) in [6.45, 7) is 3.24. The Kier molecular flexibility index (Phi) is 4.31. The van der Waals surface area contributed by atoms with E-state index in [1.165, 1.54) is 12.1 Å². The third-order valence-corrected chi connectivity index (χ3v) is 2.14. The van der Waals surface area contributed by atoms with Gasteiger partial charge in [-0.25, -0.2) is 0 Å². The van der Waals surface area contributed by atoms with Crippen LogP contribution >= 0.6 is 0 Å². The van der Waals surface area contributed by atoms with E-state index < -0.39 is 18.1 Å². The van der Waals surface area contributed by atoms with E-state index in [-0.39, 0.29) is 12.0 Å². The molecule has 0 aliphatic rings. The van der Waals surface area contributed by atoms with Crippen LogP contribution in [0.25, 0.3) is 0 Å². The Bertz CT molecular complexity index is 386. The lowest BCUT2D eigenvalue weighted by Gasteiger charge is -2.20. The van der Waals surface area contributed by atoms with Gasteiger partial charge in [0.2, 0.25) is 0 Å². The smallest absolute Gasteiger partial charge is 0.340 e. The maximum absolute atomic E-state index is 12.5. The second kappa shape index (κ2) is 5.52. The summed E-state index contributed by atoms with van der Waals surface area (Å²) in [5.41, 5.74) is 0.200. The van der Waals surface area contributed by atoms with Crippen molar-refractivity contribution in [2.45, 2.75) is 18.6 Å². The molecule has 0 saturated heterocycles. The van der Waals surface area contributed by atoms with Gasteiger partial charge < -0.3 is 5.32 Å². The summed E-state index contributed by atoms with van der Waals surface area (Å²) >= 11 is 0. The molecule has 2 nitrogen and oxygen atoms in total. The molecule has 5 heteroatoms. The number of hydrogen-bond acceptors (Lipinski definition) is 1. The van der Waals surface area contributed by atoms with Gasteiger partial charge in [0.1, 0.15) is 6.04 Å². The first-order valence-corrected chi connectivity index (χ1v) is 4.98. The zero-order valence-electron chi connectivity index (χ0n) is 9.00. The van der Waals surface area contributed by atoms with Crippen molar-refractivity contribution in [3.63, 3.8) is 0 Å². The summed E-state index contributed by atoms with van der Waals surface area (Å²) in [4.78, 5) is 11.5. The number of alkyl halides is 3. The molecule has 0 aromatic heterocycles. The number of carbonyl (C=O) groups is 1. The molecule has 0 fully saturated rings. The molecule has 0 bridgehead atoms. The molecule has 0 spiro atoms. The van der Waals surface area contributed by atoms with Crippen LogP contribution in [0.2, 0.25) is 0 Å². The number of nitrogens with one attached hydrogen (secondary N) is 1. The fourth-order valence-corrected chi connectivity index (χ4v) is 1.27. The van der Waals surface area contributed by atoms with Crippen LogP contribution in [0, 0.1) is 0 Å². The summed E-state index contributed by atoms with van der Waals surface area (Å²) in [5, 5.41) is 1.94. The molecule has 1 amide bonds. The first-order chi connectivity index (χ1) is 7.95. The zero-order valence-corrected chi connectivity index (χ0v) is 9.00. The monoisotopic (exact) mass is 243 g/mol. The van der Waals surface area contributed by atoms with Gasteiger partial charge in [0.15, 0.2) is 0 Å². The number of benzene rings is 1. The normalized spacial score (nSPS) is 12.9. The van der Waals surface area contributed by atoms with Gasteiger partial charge in [-0.1, -0.05) is 24.3 Å². The number of carbonyl (C=O) groups excluding carboxylic acids is 1. The maximum atomic E-state index is 12.5. The minimum absolute atomic E-state index is 0.200. The van der Waals surface area contributed by atoms with Crippen molar-refractivity contribution < 1.29 is 18.0 Å². The van der Waals surface area contributed by atoms with E-state index in [0.29, 0.717) is 0 Å². The van der Waals surface area contributed by atoms with Crippen molar-refractivity contribution in [1.29, 1.82) is 0 Å². The van der Waals surface area contributed by atoms with Crippen LogP contribution in [-0.2, 0) is 0 Å². The molecule has 0 aliphatic heterocycles. The fraction of sp³-hybridized carbons (Fsp3) is 0.250. The van der Waals surface area contributed by atoms with Crippen LogP contribution in [0.3, 0.4) is 0 Å². The lowest BCUT2D eigenvalue weighted by atomic mass is 10.1. The van der Waals surface area contributed by atoms with Crippen LogP contribution in [-0.4, -0.2) is 18.1 Å². The van der Waals surface area contributed by atoms with Crippen molar-refractivity contribution in [3.8, 4) is 0 Å². The summed E-state index contributed by atoms with van der Waals surface area (Å²) in [6, 6.07) is 5.87. The summed E-state index contributed by atoms with van der Waals surface area (Å²) in [5.74, 6) is -0.741. The fourth-order valence-electron chi connectivity index (χ4n) is 1.27. The number of rotatable bonds is 4. The van der Waals surface area contributed by atoms with Crippen molar-refractivity contribution in [2.24, 2.45) is 0 Å². The molecular formula is C12H12F3NO. The molecular weight excluding hydrogens is 231 g/mol. The Morgan fingerprint density at radius 2 is 1.94 bits per heavy atom. The van der Waals surface area contributed by atoms with E-state index in [1.807, 2.05) is 5.32 Å². The van der Waals surface area contributed by atoms with Gasteiger partial charge in [0, 0.05) is 5.56 Å². The van der Waals surface area contributed by atoms with E-state index in [0.717, 1.165) is 6.08 Å². The molecule has 0 aliphatic carbocycles. The standard InChI is InChI=1S/C12H12F3NO/c1-2-6-10(12(13,14)15)16-11(17)9-7-4-3-5-8-9/h2-5,7-8,10H,1,6H2,(H,16,17)/t10-/m1/s1.